The summed E-state index contributed by atoms with van der Waals surface area (Å²) >= 11 is 0. The first-order chi connectivity index (χ1) is 20.1. The maximum absolute atomic E-state index is 2.38. The molecule has 1 heteroatoms. The highest BCUT2D eigenvalue weighted by atomic mass is 15.1. The minimum absolute atomic E-state index is 1.16. The van der Waals surface area contributed by atoms with E-state index in [1.165, 1.54) is 77.4 Å². The minimum Gasteiger partial charge on any atom is -0.310 e. The van der Waals surface area contributed by atoms with Crippen molar-refractivity contribution in [3.8, 4) is 33.4 Å². The van der Waals surface area contributed by atoms with Crippen LogP contribution in [0.2, 0.25) is 0 Å². The van der Waals surface area contributed by atoms with Crippen LogP contribution in [0.4, 0.5) is 17.1 Å². The first kappa shape index (κ1) is 23.7. The average molecular weight is 524 g/mol. The molecule has 0 radical (unpaired) electrons. The second-order valence-electron chi connectivity index (χ2n) is 11.3. The van der Waals surface area contributed by atoms with E-state index in [0.717, 1.165) is 5.69 Å². The van der Waals surface area contributed by atoms with Gasteiger partial charge in [0.1, 0.15) is 0 Å². The highest BCUT2D eigenvalue weighted by molar-refractivity contribution is 6.12. The molecule has 1 aliphatic carbocycles. The van der Waals surface area contributed by atoms with Crippen molar-refractivity contribution in [2.45, 2.75) is 13.8 Å². The van der Waals surface area contributed by atoms with Gasteiger partial charge in [0.25, 0.3) is 0 Å². The Morgan fingerprint density at radius 2 is 0.878 bits per heavy atom. The van der Waals surface area contributed by atoms with Gasteiger partial charge in [-0.25, -0.2) is 0 Å². The molecule has 0 atom stereocenters. The quantitative estimate of drug-likeness (QED) is 0.222. The molecule has 0 aromatic heterocycles. The first-order valence-electron chi connectivity index (χ1n) is 14.3. The molecular formula is C40H29N. The van der Waals surface area contributed by atoms with E-state index in [2.05, 4.69) is 158 Å². The highest BCUT2D eigenvalue weighted by Gasteiger charge is 2.24. The molecule has 1 nitrogen and oxygen atoms in total. The van der Waals surface area contributed by atoms with Crippen LogP contribution in [0.5, 0.6) is 0 Å². The molecule has 0 saturated heterocycles. The van der Waals surface area contributed by atoms with Gasteiger partial charge in [-0.1, -0.05) is 72.8 Å². The molecule has 0 aliphatic heterocycles. The molecule has 0 saturated carbocycles. The van der Waals surface area contributed by atoms with E-state index in [-0.39, 0.29) is 0 Å². The Balaban J connectivity index is 1.24. The first-order valence-corrected chi connectivity index (χ1v) is 14.3. The molecule has 0 unspecified atom stereocenters. The smallest absolute Gasteiger partial charge is 0.0468 e. The Hall–Kier alpha value is -5.14. The standard InChI is InChI=1S/C40H29N/c1-26-17-27(2)19-36(18-26)41(34-11-7-4-8-12-34)35-16-15-31-23-38-37-22-30-14-13-29(28-9-5-3-6-10-28)20-32(30)24-39(37)40(38)25-33(31)21-35/h3-25H,1-2H3. The van der Waals surface area contributed by atoms with E-state index in [0.29, 0.717) is 0 Å². The van der Waals surface area contributed by atoms with Gasteiger partial charge in [-0.15, -0.1) is 0 Å². The number of fused-ring (bicyclic) bond motifs is 6. The SMILES string of the molecule is Cc1cc(C)cc(N(c2ccccc2)c2ccc3cc4c(cc3c2)-c2cc3cc(-c5ccccc5)ccc3cc2-4)c1. The third-order valence-electron chi connectivity index (χ3n) is 8.36. The van der Waals surface area contributed by atoms with Crippen molar-refractivity contribution in [3.05, 3.63) is 151 Å². The highest BCUT2D eigenvalue weighted by Crippen LogP contribution is 2.51. The van der Waals surface area contributed by atoms with Crippen LogP contribution in [0.1, 0.15) is 11.1 Å². The van der Waals surface area contributed by atoms with Crippen molar-refractivity contribution < 1.29 is 0 Å². The summed E-state index contributed by atoms with van der Waals surface area (Å²) in [6, 6.07) is 51.2. The summed E-state index contributed by atoms with van der Waals surface area (Å²) in [6.45, 7) is 4.34. The van der Waals surface area contributed by atoms with Crippen molar-refractivity contribution in [2.75, 3.05) is 4.90 Å². The zero-order chi connectivity index (χ0) is 27.5. The van der Waals surface area contributed by atoms with E-state index in [9.17, 15) is 0 Å². The fourth-order valence-corrected chi connectivity index (χ4v) is 6.46. The van der Waals surface area contributed by atoms with E-state index in [4.69, 9.17) is 0 Å². The molecule has 7 aromatic carbocycles. The van der Waals surface area contributed by atoms with Crippen molar-refractivity contribution in [1.29, 1.82) is 0 Å². The normalized spacial score (nSPS) is 11.7. The van der Waals surface area contributed by atoms with Crippen LogP contribution in [0, 0.1) is 13.8 Å². The number of rotatable bonds is 4. The van der Waals surface area contributed by atoms with Gasteiger partial charge >= 0.3 is 0 Å². The molecule has 0 fully saturated rings. The topological polar surface area (TPSA) is 3.24 Å². The molecule has 194 valence electrons. The van der Waals surface area contributed by atoms with Crippen molar-refractivity contribution in [2.24, 2.45) is 0 Å². The Bertz CT molecular complexity index is 2090. The summed E-state index contributed by atoms with van der Waals surface area (Å²) in [4.78, 5) is 2.37. The van der Waals surface area contributed by atoms with Gasteiger partial charge < -0.3 is 4.90 Å². The van der Waals surface area contributed by atoms with Crippen LogP contribution in [0.3, 0.4) is 0 Å². The Morgan fingerprint density at radius 3 is 1.51 bits per heavy atom. The second kappa shape index (κ2) is 9.21. The van der Waals surface area contributed by atoms with Gasteiger partial charge in [0.2, 0.25) is 0 Å². The summed E-state index contributed by atoms with van der Waals surface area (Å²) in [7, 11) is 0. The van der Waals surface area contributed by atoms with Crippen LogP contribution in [0.25, 0.3) is 54.9 Å². The maximum Gasteiger partial charge on any atom is 0.0468 e. The second-order valence-corrected chi connectivity index (χ2v) is 11.3. The molecule has 0 amide bonds. The lowest BCUT2D eigenvalue weighted by Gasteiger charge is -2.28. The van der Waals surface area contributed by atoms with E-state index < -0.39 is 0 Å². The van der Waals surface area contributed by atoms with Crippen molar-refractivity contribution in [1.82, 2.24) is 0 Å². The lowest BCUT2D eigenvalue weighted by Crippen LogP contribution is -2.10. The summed E-state index contributed by atoms with van der Waals surface area (Å²) in [5.74, 6) is 0. The number of nitrogens with zero attached hydrogens (tertiary/aromatic N) is 1. The van der Waals surface area contributed by atoms with E-state index in [1.54, 1.807) is 0 Å². The van der Waals surface area contributed by atoms with E-state index >= 15 is 0 Å². The lowest BCUT2D eigenvalue weighted by atomic mass is 9.77. The summed E-state index contributed by atoms with van der Waals surface area (Å²) in [5, 5.41) is 5.10. The largest absolute Gasteiger partial charge is 0.310 e. The van der Waals surface area contributed by atoms with Gasteiger partial charge in [0, 0.05) is 17.1 Å². The van der Waals surface area contributed by atoms with Gasteiger partial charge in [0.05, 0.1) is 0 Å². The van der Waals surface area contributed by atoms with Gasteiger partial charge in [-0.05, 0) is 147 Å². The molecular weight excluding hydrogens is 494 g/mol. The molecule has 8 rings (SSSR count). The van der Waals surface area contributed by atoms with Crippen molar-refractivity contribution >= 4 is 38.6 Å². The van der Waals surface area contributed by atoms with Crippen LogP contribution < -0.4 is 4.90 Å². The predicted molar refractivity (Wildman–Crippen MR) is 175 cm³/mol. The zero-order valence-corrected chi connectivity index (χ0v) is 23.2. The van der Waals surface area contributed by atoms with Crippen molar-refractivity contribution in [3.63, 3.8) is 0 Å². The van der Waals surface area contributed by atoms with Crippen LogP contribution in [0.15, 0.2) is 140 Å². The molecule has 0 heterocycles. The summed E-state index contributed by atoms with van der Waals surface area (Å²) < 4.78 is 0. The fourth-order valence-electron chi connectivity index (χ4n) is 6.46. The molecule has 7 aromatic rings. The molecule has 0 N–H and O–H groups in total. The summed E-state index contributed by atoms with van der Waals surface area (Å²) in [5.41, 5.74) is 13.9. The number of hydrogen-bond donors (Lipinski definition) is 0. The van der Waals surface area contributed by atoms with Gasteiger partial charge in [-0.2, -0.15) is 0 Å². The number of aryl methyl sites for hydroxylation is 2. The summed E-state index contributed by atoms with van der Waals surface area (Å²) in [6.07, 6.45) is 0. The van der Waals surface area contributed by atoms with Gasteiger partial charge in [-0.3, -0.25) is 0 Å². The maximum atomic E-state index is 2.38. The van der Waals surface area contributed by atoms with Crippen LogP contribution in [-0.4, -0.2) is 0 Å². The number of para-hydroxylation sites is 1. The Kier molecular flexibility index (Phi) is 5.33. The Labute approximate surface area is 241 Å². The van der Waals surface area contributed by atoms with E-state index in [1.807, 2.05) is 0 Å². The van der Waals surface area contributed by atoms with Gasteiger partial charge in [0.15, 0.2) is 0 Å². The van der Waals surface area contributed by atoms with Crippen LogP contribution >= 0.6 is 0 Å². The average Bonchev–Trinajstić information content (AvgIpc) is 3.00. The zero-order valence-electron chi connectivity index (χ0n) is 23.2. The lowest BCUT2D eigenvalue weighted by molar-refractivity contribution is 1.26. The molecule has 0 bridgehead atoms. The number of anilines is 3. The fraction of sp³-hybridized carbons (Fsp3) is 0.0500. The molecule has 41 heavy (non-hydrogen) atoms. The minimum atomic E-state index is 1.16. The Morgan fingerprint density at radius 1 is 0.341 bits per heavy atom. The number of hydrogen-bond acceptors (Lipinski definition) is 1. The third-order valence-corrected chi connectivity index (χ3v) is 8.36. The monoisotopic (exact) mass is 523 g/mol. The third kappa shape index (κ3) is 4.01. The number of benzene rings is 7. The predicted octanol–water partition coefficient (Wildman–Crippen LogP) is 11.4. The molecule has 0 spiro atoms. The molecule has 1 aliphatic rings. The van der Waals surface area contributed by atoms with Crippen LogP contribution in [-0.2, 0) is 0 Å².